The number of fused-ring (bicyclic) bond motifs is 1. The second-order valence-corrected chi connectivity index (χ2v) is 5.60. The average molecular weight is 328 g/mol. The van der Waals surface area contributed by atoms with Crippen LogP contribution in [0.25, 0.3) is 21.9 Å². The molecule has 1 aromatic heterocycles. The zero-order chi connectivity index (χ0) is 16.2. The molecule has 0 unspecified atom stereocenters. The zero-order valence-electron chi connectivity index (χ0n) is 11.7. The Labute approximate surface area is 135 Å². The Morgan fingerprint density at radius 3 is 2.65 bits per heavy atom. The van der Waals surface area contributed by atoms with Crippen LogP contribution in [-0.4, -0.2) is 11.6 Å². The van der Waals surface area contributed by atoms with Crippen LogP contribution in [-0.2, 0) is 0 Å². The van der Waals surface area contributed by atoms with Gasteiger partial charge >= 0.3 is 6.61 Å². The van der Waals surface area contributed by atoms with Crippen molar-refractivity contribution in [2.75, 3.05) is 0 Å². The van der Waals surface area contributed by atoms with Gasteiger partial charge < -0.3 is 4.74 Å². The van der Waals surface area contributed by atoms with Crippen molar-refractivity contribution < 1.29 is 13.5 Å². The number of para-hydroxylation sites is 2. The van der Waals surface area contributed by atoms with E-state index in [0.717, 1.165) is 10.2 Å². The molecule has 0 saturated heterocycles. The largest absolute Gasteiger partial charge is 0.434 e. The van der Waals surface area contributed by atoms with Gasteiger partial charge in [-0.05, 0) is 24.3 Å². The highest BCUT2D eigenvalue weighted by Crippen LogP contribution is 2.30. The van der Waals surface area contributed by atoms with Crippen molar-refractivity contribution in [3.8, 4) is 11.8 Å². The van der Waals surface area contributed by atoms with E-state index in [1.165, 1.54) is 23.5 Å². The predicted octanol–water partition coefficient (Wildman–Crippen LogP) is 4.96. The lowest BCUT2D eigenvalue weighted by molar-refractivity contribution is -0.0499. The number of ether oxygens (including phenoxy) is 1. The van der Waals surface area contributed by atoms with E-state index in [0.29, 0.717) is 16.1 Å². The van der Waals surface area contributed by atoms with Crippen molar-refractivity contribution in [1.82, 2.24) is 4.98 Å². The van der Waals surface area contributed by atoms with Crippen LogP contribution in [0.15, 0.2) is 48.5 Å². The zero-order valence-corrected chi connectivity index (χ0v) is 12.6. The van der Waals surface area contributed by atoms with Crippen molar-refractivity contribution >= 4 is 33.2 Å². The van der Waals surface area contributed by atoms with Gasteiger partial charge in [-0.3, -0.25) is 0 Å². The number of thiazole rings is 1. The summed E-state index contributed by atoms with van der Waals surface area (Å²) in [5, 5.41) is 9.94. The molecular formula is C17H10F2N2OS. The minimum atomic E-state index is -2.92. The molecule has 0 aliphatic carbocycles. The molecule has 6 heteroatoms. The van der Waals surface area contributed by atoms with Gasteiger partial charge in [0.1, 0.15) is 16.8 Å². The summed E-state index contributed by atoms with van der Waals surface area (Å²) in [5.41, 5.74) is 1.51. The number of nitrogens with zero attached hydrogens (tertiary/aromatic N) is 2. The lowest BCUT2D eigenvalue weighted by Crippen LogP contribution is -2.03. The maximum absolute atomic E-state index is 12.5. The first kappa shape index (κ1) is 15.1. The van der Waals surface area contributed by atoms with Crippen molar-refractivity contribution in [2.45, 2.75) is 6.61 Å². The van der Waals surface area contributed by atoms with E-state index >= 15 is 0 Å². The van der Waals surface area contributed by atoms with Gasteiger partial charge in [-0.2, -0.15) is 14.0 Å². The molecule has 2 aromatic carbocycles. The standard InChI is InChI=1S/C17H10F2N2OS/c18-17(19)22-14-7-3-1-5-11(14)9-12(10-20)16-21-13-6-2-4-8-15(13)23-16/h1-9,17H/b12-9+. The van der Waals surface area contributed by atoms with Crippen LogP contribution < -0.4 is 4.74 Å². The molecule has 0 aliphatic heterocycles. The molecule has 0 spiro atoms. The first-order chi connectivity index (χ1) is 11.2. The molecule has 3 nitrogen and oxygen atoms in total. The second-order valence-electron chi connectivity index (χ2n) is 4.57. The van der Waals surface area contributed by atoms with Crippen LogP contribution in [0.1, 0.15) is 10.6 Å². The Hall–Kier alpha value is -2.78. The fraction of sp³-hybridized carbons (Fsp3) is 0.0588. The molecule has 0 bridgehead atoms. The van der Waals surface area contributed by atoms with E-state index in [2.05, 4.69) is 15.8 Å². The molecule has 0 fully saturated rings. The maximum Gasteiger partial charge on any atom is 0.387 e. The van der Waals surface area contributed by atoms with Gasteiger partial charge in [0.2, 0.25) is 0 Å². The summed E-state index contributed by atoms with van der Waals surface area (Å²) in [7, 11) is 0. The molecule has 0 amide bonds. The molecule has 3 rings (SSSR count). The van der Waals surface area contributed by atoms with Crippen LogP contribution >= 0.6 is 11.3 Å². The summed E-state index contributed by atoms with van der Waals surface area (Å²) in [4.78, 5) is 4.41. The van der Waals surface area contributed by atoms with Crippen LogP contribution in [0.5, 0.6) is 5.75 Å². The summed E-state index contributed by atoms with van der Waals surface area (Å²) >= 11 is 1.38. The Kier molecular flexibility index (Phi) is 4.31. The maximum atomic E-state index is 12.5. The lowest BCUT2D eigenvalue weighted by Gasteiger charge is -2.07. The van der Waals surface area contributed by atoms with Crippen LogP contribution in [0.4, 0.5) is 8.78 Å². The van der Waals surface area contributed by atoms with E-state index < -0.39 is 6.61 Å². The van der Waals surface area contributed by atoms with Gasteiger partial charge in [-0.25, -0.2) is 4.98 Å². The van der Waals surface area contributed by atoms with Gasteiger partial charge in [0.15, 0.2) is 0 Å². The number of hydrogen-bond donors (Lipinski definition) is 0. The Bertz CT molecular complexity index is 879. The van der Waals surface area contributed by atoms with Gasteiger partial charge in [-0.15, -0.1) is 11.3 Å². The van der Waals surface area contributed by atoms with Crippen LogP contribution in [0, 0.1) is 11.3 Å². The highest BCUT2D eigenvalue weighted by molar-refractivity contribution is 7.19. The molecule has 3 aromatic rings. The molecule has 0 aliphatic rings. The quantitative estimate of drug-likeness (QED) is 0.636. The Morgan fingerprint density at radius 1 is 1.17 bits per heavy atom. The number of allylic oxidation sites excluding steroid dienone is 1. The summed E-state index contributed by atoms with van der Waals surface area (Å²) in [6, 6.07) is 16.0. The van der Waals surface area contributed by atoms with Crippen molar-refractivity contribution in [1.29, 1.82) is 5.26 Å². The molecule has 0 radical (unpaired) electrons. The second kappa shape index (κ2) is 6.55. The minimum absolute atomic E-state index is 0.0244. The van der Waals surface area contributed by atoms with E-state index in [9.17, 15) is 14.0 Å². The highest BCUT2D eigenvalue weighted by Gasteiger charge is 2.12. The number of rotatable bonds is 4. The van der Waals surface area contributed by atoms with E-state index in [-0.39, 0.29) is 5.75 Å². The van der Waals surface area contributed by atoms with Gasteiger partial charge in [-0.1, -0.05) is 30.3 Å². The number of aromatic nitrogens is 1. The summed E-state index contributed by atoms with van der Waals surface area (Å²) in [6.07, 6.45) is 1.51. The Morgan fingerprint density at radius 2 is 1.91 bits per heavy atom. The number of alkyl halides is 2. The van der Waals surface area contributed by atoms with Gasteiger partial charge in [0.25, 0.3) is 0 Å². The minimum Gasteiger partial charge on any atom is -0.434 e. The van der Waals surface area contributed by atoms with Crippen LogP contribution in [0.2, 0.25) is 0 Å². The Balaban J connectivity index is 2.04. The molecule has 114 valence electrons. The number of benzene rings is 2. The smallest absolute Gasteiger partial charge is 0.387 e. The van der Waals surface area contributed by atoms with Crippen LogP contribution in [0.3, 0.4) is 0 Å². The molecule has 0 atom stereocenters. The summed E-state index contributed by atoms with van der Waals surface area (Å²) < 4.78 is 30.4. The number of nitriles is 1. The predicted molar refractivity (Wildman–Crippen MR) is 86.2 cm³/mol. The number of hydrogen-bond acceptors (Lipinski definition) is 4. The molecular weight excluding hydrogens is 318 g/mol. The van der Waals surface area contributed by atoms with Crippen molar-refractivity contribution in [3.63, 3.8) is 0 Å². The SMILES string of the molecule is N#C/C(=C\c1ccccc1OC(F)F)c1nc2ccccc2s1. The van der Waals surface area contributed by atoms with E-state index in [4.69, 9.17) is 0 Å². The third-order valence-corrected chi connectivity index (χ3v) is 4.15. The summed E-state index contributed by atoms with van der Waals surface area (Å²) in [5.74, 6) is 0.0244. The first-order valence-corrected chi connectivity index (χ1v) is 7.50. The van der Waals surface area contributed by atoms with Gasteiger partial charge in [0.05, 0.1) is 15.8 Å². The lowest BCUT2D eigenvalue weighted by atomic mass is 10.1. The van der Waals surface area contributed by atoms with E-state index in [1.54, 1.807) is 18.2 Å². The van der Waals surface area contributed by atoms with Crippen molar-refractivity contribution in [3.05, 3.63) is 59.1 Å². The van der Waals surface area contributed by atoms with Gasteiger partial charge in [0, 0.05) is 5.56 Å². The molecule has 23 heavy (non-hydrogen) atoms. The van der Waals surface area contributed by atoms with E-state index in [1.807, 2.05) is 24.3 Å². The van der Waals surface area contributed by atoms with Crippen molar-refractivity contribution in [2.24, 2.45) is 0 Å². The normalized spacial score (nSPS) is 11.7. The highest BCUT2D eigenvalue weighted by atomic mass is 32.1. The average Bonchev–Trinajstić information content (AvgIpc) is 2.97. The fourth-order valence-corrected chi connectivity index (χ4v) is 3.02. The monoisotopic (exact) mass is 328 g/mol. The third-order valence-electron chi connectivity index (χ3n) is 3.08. The molecule has 1 heterocycles. The topological polar surface area (TPSA) is 45.9 Å². The molecule has 0 saturated carbocycles. The fourth-order valence-electron chi connectivity index (χ4n) is 2.09. The first-order valence-electron chi connectivity index (χ1n) is 6.69. The summed E-state index contributed by atoms with van der Waals surface area (Å²) in [6.45, 7) is -2.92. The third kappa shape index (κ3) is 3.35. The molecule has 0 N–H and O–H groups in total. The number of halogens is 2.